The average molecular weight is 643 g/mol. The predicted octanol–water partition coefficient (Wildman–Crippen LogP) is 1.49. The Balaban J connectivity index is 1.46. The number of para-hydroxylation sites is 2. The number of nitrogens with zero attached hydrogens (tertiary/aromatic N) is 3. The summed E-state index contributed by atoms with van der Waals surface area (Å²) in [6.07, 6.45) is -0.662. The van der Waals surface area contributed by atoms with Crippen LogP contribution < -0.4 is 19.9 Å². The molecule has 0 bridgehead atoms. The Morgan fingerprint density at radius 2 is 1.89 bits per heavy atom. The van der Waals surface area contributed by atoms with Crippen LogP contribution in [0.3, 0.4) is 0 Å². The number of nitrogens with two attached hydrogens (primary N) is 1. The van der Waals surface area contributed by atoms with Gasteiger partial charge in [0, 0.05) is 12.3 Å². The smallest absolute Gasteiger partial charge is 0.298 e. The van der Waals surface area contributed by atoms with E-state index in [9.17, 15) is 27.9 Å². The van der Waals surface area contributed by atoms with E-state index in [4.69, 9.17) is 19.8 Å². The Bertz CT molecular complexity index is 1720. The molecule has 1 aliphatic heterocycles. The maximum atomic E-state index is 13.8. The maximum Gasteiger partial charge on any atom is 0.298 e. The molecular weight excluding hydrogens is 608 g/mol. The minimum atomic E-state index is -4.40. The molecule has 15 heteroatoms. The van der Waals surface area contributed by atoms with Crippen molar-refractivity contribution in [3.63, 3.8) is 0 Å². The number of aliphatic hydroxyl groups excluding tert-OH is 1. The summed E-state index contributed by atoms with van der Waals surface area (Å²) in [5.41, 5.74) is -0.685. The van der Waals surface area contributed by atoms with Gasteiger partial charge in [0.25, 0.3) is 22.0 Å². The molecule has 1 saturated carbocycles. The summed E-state index contributed by atoms with van der Waals surface area (Å²) in [5, 5.41) is 20.4. The first-order valence-electron chi connectivity index (χ1n) is 13.9. The largest absolute Gasteiger partial charge is 0.471 e. The topological polar surface area (TPSA) is 194 Å². The van der Waals surface area contributed by atoms with E-state index in [1.807, 2.05) is 35.7 Å². The third-order valence-corrected chi connectivity index (χ3v) is 9.11. The third kappa shape index (κ3) is 6.31. The molecule has 13 nitrogen and oxygen atoms in total. The van der Waals surface area contributed by atoms with E-state index in [1.54, 1.807) is 31.6 Å². The first-order chi connectivity index (χ1) is 20.6. The lowest BCUT2D eigenvalue weighted by Crippen LogP contribution is -2.58. The van der Waals surface area contributed by atoms with Crippen molar-refractivity contribution in [1.29, 1.82) is 0 Å². The fraction of sp³-hybridized carbons (Fsp3) is 0.414. The fourth-order valence-corrected chi connectivity index (χ4v) is 6.40. The summed E-state index contributed by atoms with van der Waals surface area (Å²) in [4.78, 5) is 51.7. The van der Waals surface area contributed by atoms with Gasteiger partial charge in [-0.3, -0.25) is 14.4 Å². The van der Waals surface area contributed by atoms with Gasteiger partial charge in [0.1, 0.15) is 29.5 Å². The molecule has 1 aromatic carbocycles. The number of aliphatic hydroxyl groups is 1. The molecule has 5 atom stereocenters. The number of fused-ring (bicyclic) bond motifs is 1. The highest BCUT2D eigenvalue weighted by Gasteiger charge is 2.61. The van der Waals surface area contributed by atoms with Crippen LogP contribution in [0.2, 0.25) is 0 Å². The van der Waals surface area contributed by atoms with Gasteiger partial charge in [-0.05, 0) is 35.4 Å². The Labute approximate surface area is 258 Å². The second-order valence-corrected chi connectivity index (χ2v) is 14.3. The molecule has 234 valence electrons. The van der Waals surface area contributed by atoms with Crippen molar-refractivity contribution in [3.8, 4) is 16.5 Å². The molecule has 5 rings (SSSR count). The summed E-state index contributed by atoms with van der Waals surface area (Å²) in [5.74, 6) is -2.76. The number of hydrogen-bond donors (Lipinski definition) is 4. The van der Waals surface area contributed by atoms with Crippen molar-refractivity contribution in [3.05, 3.63) is 54.4 Å². The monoisotopic (exact) mass is 642 g/mol. The number of thiophene rings is 1. The molecular formula is C29H34N6O7S2. The van der Waals surface area contributed by atoms with E-state index in [0.717, 1.165) is 4.88 Å². The molecule has 44 heavy (non-hydrogen) atoms. The lowest BCUT2D eigenvalue weighted by molar-refractivity contribution is -0.150. The number of hydrogen-bond acceptors (Lipinski definition) is 10. The number of nitrogens with one attached hydrogen (secondary N) is 2. The highest BCUT2D eigenvalue weighted by atomic mass is 32.2. The van der Waals surface area contributed by atoms with Crippen LogP contribution >= 0.6 is 11.3 Å². The van der Waals surface area contributed by atoms with Crippen molar-refractivity contribution >= 4 is 50.3 Å². The standard InChI is InChI=1S/C29H34N6O7S2/c1-5-16-14-29(16,27(39)34-44(30,40)41)33-24(37)20-13-17(15-35(20)26(38)23(36)28(2,3)4)42-25-22(21-11-8-12-43-21)31-18-9-6-7-10-19(18)32-25/h5-12,16-17,20,23,36H,1,13-15H2,2-4H3,(H,33,37)(H,34,39)(H2,30,40,41)/t16-,17-,20+,23-,29-/m1/s1. The van der Waals surface area contributed by atoms with Crippen LogP contribution in [-0.4, -0.2) is 76.4 Å². The normalized spacial score (nSPS) is 24.0. The SMILES string of the molecule is C=C[C@@H]1C[C@]1(NC(=O)[C@@H]1C[C@@H](Oc2nc3ccccc3nc2-c2cccs2)CN1C(=O)[C@@H](O)C(C)(C)C)C(=O)NS(N)(=O)=O. The van der Waals surface area contributed by atoms with E-state index < -0.39 is 63.1 Å². The van der Waals surface area contributed by atoms with Gasteiger partial charge in [0.2, 0.25) is 11.8 Å². The van der Waals surface area contributed by atoms with Crippen molar-refractivity contribution < 1.29 is 32.6 Å². The zero-order chi connectivity index (χ0) is 32.0. The Morgan fingerprint density at radius 3 is 2.45 bits per heavy atom. The van der Waals surface area contributed by atoms with Gasteiger partial charge >= 0.3 is 0 Å². The van der Waals surface area contributed by atoms with Crippen molar-refractivity contribution in [2.75, 3.05) is 6.54 Å². The van der Waals surface area contributed by atoms with Gasteiger partial charge in [-0.2, -0.15) is 8.42 Å². The van der Waals surface area contributed by atoms with E-state index in [2.05, 4.69) is 11.9 Å². The summed E-state index contributed by atoms with van der Waals surface area (Å²) in [7, 11) is -4.40. The van der Waals surface area contributed by atoms with Crippen LogP contribution in [0.15, 0.2) is 54.4 Å². The molecule has 0 unspecified atom stereocenters. The lowest BCUT2D eigenvalue weighted by Gasteiger charge is -2.32. The molecule has 2 aliphatic rings. The molecule has 1 aliphatic carbocycles. The van der Waals surface area contributed by atoms with E-state index in [0.29, 0.717) is 16.7 Å². The summed E-state index contributed by atoms with van der Waals surface area (Å²) >= 11 is 1.45. The molecule has 5 N–H and O–H groups in total. The molecule has 1 saturated heterocycles. The van der Waals surface area contributed by atoms with Gasteiger partial charge in [-0.1, -0.05) is 45.0 Å². The second-order valence-electron chi connectivity index (χ2n) is 12.1. The van der Waals surface area contributed by atoms with Crippen LogP contribution in [0.25, 0.3) is 21.6 Å². The van der Waals surface area contributed by atoms with E-state index >= 15 is 0 Å². The average Bonchev–Trinajstić information content (AvgIpc) is 3.26. The van der Waals surface area contributed by atoms with Crippen LogP contribution in [0.4, 0.5) is 0 Å². The molecule has 0 spiro atoms. The highest BCUT2D eigenvalue weighted by molar-refractivity contribution is 7.87. The number of rotatable bonds is 9. The molecule has 0 radical (unpaired) electrons. The van der Waals surface area contributed by atoms with Gasteiger partial charge in [-0.25, -0.2) is 19.8 Å². The summed E-state index contributed by atoms with van der Waals surface area (Å²) in [6.45, 7) is 8.68. The number of aromatic nitrogens is 2. The molecule has 2 aromatic heterocycles. The maximum absolute atomic E-state index is 13.8. The molecule has 2 fully saturated rings. The van der Waals surface area contributed by atoms with Crippen LogP contribution in [0.5, 0.6) is 5.88 Å². The number of carbonyl (C=O) groups excluding carboxylic acids is 3. The highest BCUT2D eigenvalue weighted by Crippen LogP contribution is 2.45. The zero-order valence-electron chi connectivity index (χ0n) is 24.4. The lowest BCUT2D eigenvalue weighted by atomic mass is 9.88. The zero-order valence-corrected chi connectivity index (χ0v) is 26.0. The number of ether oxygens (including phenoxy) is 1. The van der Waals surface area contributed by atoms with Gasteiger partial charge in [0.05, 0.1) is 22.5 Å². The number of amides is 3. The minimum absolute atomic E-state index is 0.00152. The Morgan fingerprint density at radius 1 is 1.20 bits per heavy atom. The number of benzene rings is 1. The first-order valence-corrected chi connectivity index (χ1v) is 16.3. The van der Waals surface area contributed by atoms with Gasteiger partial charge in [0.15, 0.2) is 0 Å². The van der Waals surface area contributed by atoms with Crippen molar-refractivity contribution in [2.24, 2.45) is 16.5 Å². The van der Waals surface area contributed by atoms with Crippen LogP contribution in [0, 0.1) is 11.3 Å². The van der Waals surface area contributed by atoms with E-state index in [-0.39, 0.29) is 25.3 Å². The summed E-state index contributed by atoms with van der Waals surface area (Å²) in [6, 6.07) is 9.91. The van der Waals surface area contributed by atoms with Crippen molar-refractivity contribution in [2.45, 2.75) is 57.4 Å². The second kappa shape index (κ2) is 11.5. The predicted molar refractivity (Wildman–Crippen MR) is 163 cm³/mol. The fourth-order valence-electron chi connectivity index (χ4n) is 5.26. The molecule has 3 aromatic rings. The minimum Gasteiger partial charge on any atom is -0.471 e. The quantitative estimate of drug-likeness (QED) is 0.250. The number of carbonyl (C=O) groups is 3. The summed E-state index contributed by atoms with van der Waals surface area (Å²) < 4.78 is 31.2. The Kier molecular flexibility index (Phi) is 8.26. The van der Waals surface area contributed by atoms with Gasteiger partial charge < -0.3 is 20.1 Å². The van der Waals surface area contributed by atoms with Crippen LogP contribution in [0.1, 0.15) is 33.6 Å². The first kappa shape index (κ1) is 31.5. The molecule has 3 heterocycles. The third-order valence-electron chi connectivity index (χ3n) is 7.76. The molecule has 3 amide bonds. The van der Waals surface area contributed by atoms with Gasteiger partial charge in [-0.15, -0.1) is 17.9 Å². The number of likely N-dealkylation sites (tertiary alicyclic amines) is 1. The van der Waals surface area contributed by atoms with Crippen molar-refractivity contribution in [1.82, 2.24) is 24.9 Å². The Hall–Kier alpha value is -3.92. The van der Waals surface area contributed by atoms with Crippen LogP contribution in [-0.2, 0) is 24.6 Å². The van der Waals surface area contributed by atoms with E-state index in [1.165, 1.54) is 22.3 Å².